The van der Waals surface area contributed by atoms with Crippen molar-refractivity contribution in [1.29, 1.82) is 0 Å². The average molecular weight is 519 g/mol. The lowest BCUT2D eigenvalue weighted by Crippen LogP contribution is -2.42. The van der Waals surface area contributed by atoms with Gasteiger partial charge >= 0.3 is 6.03 Å². The zero-order valence-corrected chi connectivity index (χ0v) is 22.2. The van der Waals surface area contributed by atoms with Crippen LogP contribution in [0.25, 0.3) is 16.6 Å². The highest BCUT2D eigenvalue weighted by Crippen LogP contribution is 2.27. The van der Waals surface area contributed by atoms with Gasteiger partial charge in [0.2, 0.25) is 0 Å². The lowest BCUT2D eigenvalue weighted by Gasteiger charge is -2.32. The monoisotopic (exact) mass is 518 g/mol. The number of carbonyl (C=O) groups excluding carboxylic acids is 1. The van der Waals surface area contributed by atoms with E-state index in [4.69, 9.17) is 21.3 Å². The standard InChI is InChI=1S/C29H31ClN4O3/c1-5-26(33(15-16-37-4)29(36)31-22-10-8-9-21(30)18-22)27-32-25-12-7-6-11-24(25)28(35)34(27)23-14-13-19(2)20(3)17-23/h6-14,17-18,26H,5,15-16H2,1-4H3,(H,31,36). The second-order valence-electron chi connectivity index (χ2n) is 8.95. The second-order valence-corrected chi connectivity index (χ2v) is 9.38. The van der Waals surface area contributed by atoms with Crippen molar-refractivity contribution >= 4 is 34.2 Å². The van der Waals surface area contributed by atoms with Crippen molar-refractivity contribution in [1.82, 2.24) is 14.5 Å². The van der Waals surface area contributed by atoms with Crippen molar-refractivity contribution in [2.75, 3.05) is 25.6 Å². The molecule has 1 unspecified atom stereocenters. The molecule has 1 heterocycles. The summed E-state index contributed by atoms with van der Waals surface area (Å²) in [4.78, 5) is 34.1. The molecular weight excluding hydrogens is 488 g/mol. The Morgan fingerprint density at radius 2 is 1.86 bits per heavy atom. The Labute approximate surface area is 221 Å². The molecule has 0 aliphatic carbocycles. The summed E-state index contributed by atoms with van der Waals surface area (Å²) in [5, 5.41) is 3.98. The molecule has 0 saturated heterocycles. The number of urea groups is 1. The number of methoxy groups -OCH3 is 1. The highest BCUT2D eigenvalue weighted by atomic mass is 35.5. The van der Waals surface area contributed by atoms with Gasteiger partial charge in [-0.2, -0.15) is 0 Å². The lowest BCUT2D eigenvalue weighted by molar-refractivity contribution is 0.131. The molecular formula is C29H31ClN4O3. The summed E-state index contributed by atoms with van der Waals surface area (Å²) in [7, 11) is 1.59. The number of aromatic nitrogens is 2. The molecule has 0 bridgehead atoms. The minimum Gasteiger partial charge on any atom is -0.383 e. The number of nitrogens with zero attached hydrogens (tertiary/aromatic N) is 3. The molecule has 4 aromatic rings. The van der Waals surface area contributed by atoms with E-state index in [0.29, 0.717) is 52.7 Å². The van der Waals surface area contributed by atoms with Crippen LogP contribution in [-0.2, 0) is 4.74 Å². The van der Waals surface area contributed by atoms with Crippen molar-refractivity contribution < 1.29 is 9.53 Å². The van der Waals surface area contributed by atoms with Crippen LogP contribution in [0.2, 0.25) is 5.02 Å². The Kier molecular flexibility index (Phi) is 8.26. The number of hydrogen-bond donors (Lipinski definition) is 1. The van der Waals surface area contributed by atoms with Gasteiger partial charge in [0.05, 0.1) is 29.2 Å². The van der Waals surface area contributed by atoms with Crippen LogP contribution in [0.15, 0.2) is 71.5 Å². The fraction of sp³-hybridized carbons (Fsp3) is 0.276. The molecule has 1 atom stereocenters. The first-order valence-electron chi connectivity index (χ1n) is 12.3. The van der Waals surface area contributed by atoms with E-state index in [1.54, 1.807) is 46.9 Å². The number of carbonyl (C=O) groups is 1. The molecule has 4 rings (SSSR count). The number of benzene rings is 3. The lowest BCUT2D eigenvalue weighted by atomic mass is 10.1. The molecule has 192 valence electrons. The van der Waals surface area contributed by atoms with Gasteiger partial charge in [-0.1, -0.05) is 42.8 Å². The number of ether oxygens (including phenoxy) is 1. The Bertz CT molecular complexity index is 1480. The van der Waals surface area contributed by atoms with Gasteiger partial charge in [-0.3, -0.25) is 9.36 Å². The largest absolute Gasteiger partial charge is 0.383 e. The van der Waals surface area contributed by atoms with Gasteiger partial charge in [0.1, 0.15) is 5.82 Å². The summed E-state index contributed by atoms with van der Waals surface area (Å²) in [5.74, 6) is 0.492. The van der Waals surface area contributed by atoms with Crippen LogP contribution in [0.1, 0.15) is 36.3 Å². The number of amides is 2. The second kappa shape index (κ2) is 11.6. The highest BCUT2D eigenvalue weighted by molar-refractivity contribution is 6.30. The maximum Gasteiger partial charge on any atom is 0.322 e. The van der Waals surface area contributed by atoms with Gasteiger partial charge in [-0.15, -0.1) is 0 Å². The third-order valence-corrected chi connectivity index (χ3v) is 6.72. The zero-order chi connectivity index (χ0) is 26.5. The van der Waals surface area contributed by atoms with Crippen molar-refractivity contribution in [3.05, 3.63) is 99.1 Å². The molecule has 0 saturated carbocycles. The van der Waals surface area contributed by atoms with Crippen LogP contribution >= 0.6 is 11.6 Å². The summed E-state index contributed by atoms with van der Waals surface area (Å²) >= 11 is 6.13. The van der Waals surface area contributed by atoms with Gasteiger partial charge in [0.15, 0.2) is 0 Å². The van der Waals surface area contributed by atoms with Gasteiger partial charge in [0.25, 0.3) is 5.56 Å². The quantitative estimate of drug-likeness (QED) is 0.297. The fourth-order valence-corrected chi connectivity index (χ4v) is 4.57. The van der Waals surface area contributed by atoms with E-state index in [2.05, 4.69) is 5.32 Å². The van der Waals surface area contributed by atoms with Gasteiger partial charge in [-0.05, 0) is 73.9 Å². The summed E-state index contributed by atoms with van der Waals surface area (Å²) < 4.78 is 6.96. The maximum atomic E-state index is 13.9. The van der Waals surface area contributed by atoms with E-state index >= 15 is 0 Å². The van der Waals surface area contributed by atoms with Crippen LogP contribution in [0.4, 0.5) is 10.5 Å². The first kappa shape index (κ1) is 26.4. The molecule has 7 nitrogen and oxygen atoms in total. The summed E-state index contributed by atoms with van der Waals surface area (Å²) in [6.07, 6.45) is 0.530. The normalized spacial score (nSPS) is 11.9. The van der Waals surface area contributed by atoms with E-state index in [9.17, 15) is 9.59 Å². The third-order valence-electron chi connectivity index (χ3n) is 6.48. The number of rotatable bonds is 8. The van der Waals surface area contributed by atoms with E-state index in [0.717, 1.165) is 11.1 Å². The maximum absolute atomic E-state index is 13.9. The van der Waals surface area contributed by atoms with Crippen LogP contribution in [0.3, 0.4) is 0 Å². The van der Waals surface area contributed by atoms with Crippen molar-refractivity contribution in [2.24, 2.45) is 0 Å². The van der Waals surface area contributed by atoms with Crippen LogP contribution in [0, 0.1) is 13.8 Å². The first-order valence-corrected chi connectivity index (χ1v) is 12.6. The number of fused-ring (bicyclic) bond motifs is 1. The third kappa shape index (κ3) is 5.68. The van der Waals surface area contributed by atoms with Crippen molar-refractivity contribution in [3.8, 4) is 5.69 Å². The highest BCUT2D eigenvalue weighted by Gasteiger charge is 2.29. The molecule has 0 aliphatic rings. The Morgan fingerprint density at radius 1 is 1.08 bits per heavy atom. The smallest absolute Gasteiger partial charge is 0.322 e. The van der Waals surface area contributed by atoms with Crippen LogP contribution < -0.4 is 10.9 Å². The molecule has 1 N–H and O–H groups in total. The number of nitrogens with one attached hydrogen (secondary N) is 1. The Hall–Kier alpha value is -3.68. The molecule has 0 radical (unpaired) electrons. The number of para-hydroxylation sites is 1. The molecule has 2 amide bonds. The van der Waals surface area contributed by atoms with Crippen LogP contribution in [-0.4, -0.2) is 40.7 Å². The molecule has 1 aromatic heterocycles. The molecule has 3 aromatic carbocycles. The Balaban J connectivity index is 1.88. The minimum atomic E-state index is -0.506. The van der Waals surface area contributed by atoms with Crippen LogP contribution in [0.5, 0.6) is 0 Å². The average Bonchev–Trinajstić information content (AvgIpc) is 2.88. The topological polar surface area (TPSA) is 76.5 Å². The van der Waals surface area contributed by atoms with E-state index in [1.807, 2.05) is 57.2 Å². The van der Waals surface area contributed by atoms with E-state index in [1.165, 1.54) is 0 Å². The number of hydrogen-bond acceptors (Lipinski definition) is 4. The van der Waals surface area contributed by atoms with Gasteiger partial charge in [0, 0.05) is 24.4 Å². The van der Waals surface area contributed by atoms with Gasteiger partial charge in [-0.25, -0.2) is 9.78 Å². The minimum absolute atomic E-state index is 0.177. The predicted octanol–water partition coefficient (Wildman–Crippen LogP) is 6.29. The van der Waals surface area contributed by atoms with E-state index in [-0.39, 0.29) is 11.6 Å². The predicted molar refractivity (Wildman–Crippen MR) is 149 cm³/mol. The molecule has 0 spiro atoms. The number of halogens is 1. The number of anilines is 1. The SMILES string of the molecule is CCC(c1nc2ccccc2c(=O)n1-c1ccc(C)c(C)c1)N(CCOC)C(=O)Nc1cccc(Cl)c1. The molecule has 0 fully saturated rings. The summed E-state index contributed by atoms with van der Waals surface area (Å²) in [6.45, 7) is 6.64. The molecule has 8 heteroatoms. The summed E-state index contributed by atoms with van der Waals surface area (Å²) in [6, 6.07) is 19.3. The number of aryl methyl sites for hydroxylation is 2. The van der Waals surface area contributed by atoms with Crippen molar-refractivity contribution in [3.63, 3.8) is 0 Å². The van der Waals surface area contributed by atoms with E-state index < -0.39 is 6.04 Å². The first-order chi connectivity index (χ1) is 17.8. The molecule has 0 aliphatic heterocycles. The zero-order valence-electron chi connectivity index (χ0n) is 21.5. The fourth-order valence-electron chi connectivity index (χ4n) is 4.38. The molecule has 37 heavy (non-hydrogen) atoms. The Morgan fingerprint density at radius 3 is 2.57 bits per heavy atom. The van der Waals surface area contributed by atoms with Crippen molar-refractivity contribution in [2.45, 2.75) is 33.2 Å². The summed E-state index contributed by atoms with van der Waals surface area (Å²) in [5.41, 5.74) is 3.88. The van der Waals surface area contributed by atoms with Gasteiger partial charge < -0.3 is 15.0 Å².